The number of benzene rings is 1. The zero-order valence-corrected chi connectivity index (χ0v) is 10.8. The van der Waals surface area contributed by atoms with E-state index in [-0.39, 0.29) is 11.2 Å². The fourth-order valence-electron chi connectivity index (χ4n) is 2.13. The van der Waals surface area contributed by atoms with Gasteiger partial charge in [-0.05, 0) is 55.7 Å². The van der Waals surface area contributed by atoms with Crippen molar-refractivity contribution in [3.63, 3.8) is 0 Å². The second kappa shape index (κ2) is 4.53. The summed E-state index contributed by atoms with van der Waals surface area (Å²) in [5, 5.41) is -0.297. The van der Waals surface area contributed by atoms with Gasteiger partial charge in [-0.25, -0.2) is 4.39 Å². The number of aryl methyl sites for hydroxylation is 3. The Labute approximate surface area is 105 Å². The first kappa shape index (κ1) is 12.2. The molecule has 1 aromatic carbocycles. The minimum atomic E-state index is -0.297. The van der Waals surface area contributed by atoms with E-state index in [1.807, 2.05) is 26.8 Å². The number of hydrogen-bond donors (Lipinski definition) is 0. The highest BCUT2D eigenvalue weighted by Crippen LogP contribution is 2.35. The van der Waals surface area contributed by atoms with Crippen LogP contribution in [0.1, 0.15) is 33.4 Å². The van der Waals surface area contributed by atoms with E-state index in [0.717, 1.165) is 28.0 Å². The van der Waals surface area contributed by atoms with Crippen molar-refractivity contribution in [3.05, 3.63) is 58.3 Å². The van der Waals surface area contributed by atoms with E-state index < -0.39 is 0 Å². The molecule has 1 nitrogen and oxygen atoms in total. The first-order valence-corrected chi connectivity index (χ1v) is 5.89. The summed E-state index contributed by atoms with van der Waals surface area (Å²) < 4.78 is 18.5. The third-order valence-electron chi connectivity index (χ3n) is 2.98. The second-order valence-electron chi connectivity index (χ2n) is 4.25. The van der Waals surface area contributed by atoms with Crippen LogP contribution in [0.5, 0.6) is 0 Å². The molecule has 0 spiro atoms. The average molecular weight is 253 g/mol. The van der Waals surface area contributed by atoms with Crippen LogP contribution < -0.4 is 0 Å². The molecule has 0 saturated carbocycles. The van der Waals surface area contributed by atoms with E-state index in [9.17, 15) is 4.39 Å². The Morgan fingerprint density at radius 1 is 1.18 bits per heavy atom. The van der Waals surface area contributed by atoms with Gasteiger partial charge in [0.2, 0.25) is 0 Å². The molecule has 1 aromatic heterocycles. The Kier molecular flexibility index (Phi) is 3.25. The van der Waals surface area contributed by atoms with Gasteiger partial charge in [-0.2, -0.15) is 0 Å². The molecule has 2 rings (SSSR count). The van der Waals surface area contributed by atoms with Gasteiger partial charge in [-0.1, -0.05) is 0 Å². The summed E-state index contributed by atoms with van der Waals surface area (Å²) in [4.78, 5) is 0. The Bertz CT molecular complexity index is 522. The summed E-state index contributed by atoms with van der Waals surface area (Å²) in [5.74, 6) is 0.574. The summed E-state index contributed by atoms with van der Waals surface area (Å²) in [6, 6.07) is 4.87. The number of furan rings is 1. The highest BCUT2D eigenvalue weighted by Gasteiger charge is 2.19. The summed E-state index contributed by atoms with van der Waals surface area (Å²) in [6.45, 7) is 5.62. The molecule has 0 bridgehead atoms. The molecule has 0 fully saturated rings. The molecule has 2 aromatic rings. The normalized spacial score (nSPS) is 12.8. The quantitative estimate of drug-likeness (QED) is 0.708. The van der Waals surface area contributed by atoms with Gasteiger partial charge in [0, 0.05) is 5.56 Å². The SMILES string of the molecule is Cc1cc(F)cc(C)c1C(Cl)c1ccoc1C. The van der Waals surface area contributed by atoms with Crippen LogP contribution >= 0.6 is 11.6 Å². The van der Waals surface area contributed by atoms with E-state index in [1.54, 1.807) is 6.26 Å². The molecule has 0 saturated heterocycles. The van der Waals surface area contributed by atoms with Crippen LogP contribution in [0.15, 0.2) is 28.9 Å². The van der Waals surface area contributed by atoms with Gasteiger partial charge in [0.1, 0.15) is 11.6 Å². The molecule has 1 atom stereocenters. The third kappa shape index (κ3) is 2.22. The van der Waals surface area contributed by atoms with E-state index in [1.165, 1.54) is 12.1 Å². The summed E-state index contributed by atoms with van der Waals surface area (Å²) >= 11 is 6.46. The van der Waals surface area contributed by atoms with Crippen molar-refractivity contribution in [1.29, 1.82) is 0 Å². The predicted molar refractivity (Wildman–Crippen MR) is 67.0 cm³/mol. The molecule has 1 unspecified atom stereocenters. The van der Waals surface area contributed by atoms with Crippen LogP contribution in [-0.2, 0) is 0 Å². The predicted octanol–water partition coefficient (Wildman–Crippen LogP) is 4.67. The molecule has 1 heterocycles. The fourth-order valence-corrected chi connectivity index (χ4v) is 2.71. The van der Waals surface area contributed by atoms with Crippen LogP contribution in [0.2, 0.25) is 0 Å². The topological polar surface area (TPSA) is 13.1 Å². The molecule has 0 aliphatic carbocycles. The average Bonchev–Trinajstić information content (AvgIpc) is 2.62. The summed E-state index contributed by atoms with van der Waals surface area (Å²) in [6.07, 6.45) is 1.62. The zero-order chi connectivity index (χ0) is 12.6. The van der Waals surface area contributed by atoms with Crippen molar-refractivity contribution < 1.29 is 8.81 Å². The van der Waals surface area contributed by atoms with Crippen molar-refractivity contribution in [1.82, 2.24) is 0 Å². The van der Waals surface area contributed by atoms with E-state index in [4.69, 9.17) is 16.0 Å². The number of rotatable bonds is 2. The Morgan fingerprint density at radius 3 is 2.24 bits per heavy atom. The lowest BCUT2D eigenvalue weighted by molar-refractivity contribution is 0.530. The van der Waals surface area contributed by atoms with E-state index in [0.29, 0.717) is 0 Å². The number of hydrogen-bond acceptors (Lipinski definition) is 1. The van der Waals surface area contributed by atoms with Crippen LogP contribution in [0.25, 0.3) is 0 Å². The highest BCUT2D eigenvalue weighted by atomic mass is 35.5. The standard InChI is InChI=1S/C14H14ClFO/c1-8-6-11(16)7-9(2)13(8)14(15)12-4-5-17-10(12)3/h4-7,14H,1-3H3. The van der Waals surface area contributed by atoms with Crippen LogP contribution in [0, 0.1) is 26.6 Å². The lowest BCUT2D eigenvalue weighted by Crippen LogP contribution is -2.01. The Balaban J connectivity index is 2.51. The number of halogens is 2. The van der Waals surface area contributed by atoms with Crippen molar-refractivity contribution in [2.75, 3.05) is 0 Å². The second-order valence-corrected chi connectivity index (χ2v) is 4.68. The number of alkyl halides is 1. The summed E-state index contributed by atoms with van der Waals surface area (Å²) in [5.41, 5.74) is 3.62. The highest BCUT2D eigenvalue weighted by molar-refractivity contribution is 6.22. The molecule has 0 aliphatic heterocycles. The van der Waals surface area contributed by atoms with Gasteiger partial charge in [0.15, 0.2) is 0 Å². The molecule has 3 heteroatoms. The van der Waals surface area contributed by atoms with Gasteiger partial charge in [-0.3, -0.25) is 0 Å². The lowest BCUT2D eigenvalue weighted by Gasteiger charge is -2.15. The first-order valence-electron chi connectivity index (χ1n) is 5.45. The molecule has 90 valence electrons. The minimum Gasteiger partial charge on any atom is -0.469 e. The maximum Gasteiger partial charge on any atom is 0.123 e. The summed E-state index contributed by atoms with van der Waals surface area (Å²) in [7, 11) is 0. The minimum absolute atomic E-state index is 0.225. The third-order valence-corrected chi connectivity index (χ3v) is 3.44. The van der Waals surface area contributed by atoms with Gasteiger partial charge in [0.25, 0.3) is 0 Å². The largest absolute Gasteiger partial charge is 0.469 e. The molecule has 0 amide bonds. The lowest BCUT2D eigenvalue weighted by atomic mass is 9.96. The van der Waals surface area contributed by atoms with Crippen LogP contribution in [0.3, 0.4) is 0 Å². The molecule has 17 heavy (non-hydrogen) atoms. The van der Waals surface area contributed by atoms with Crippen molar-refractivity contribution in [2.24, 2.45) is 0 Å². The van der Waals surface area contributed by atoms with Gasteiger partial charge in [0.05, 0.1) is 11.6 Å². The van der Waals surface area contributed by atoms with Gasteiger partial charge in [-0.15, -0.1) is 11.6 Å². The van der Waals surface area contributed by atoms with E-state index >= 15 is 0 Å². The van der Waals surface area contributed by atoms with Crippen LogP contribution in [0.4, 0.5) is 4.39 Å². The molecule has 0 N–H and O–H groups in total. The maximum atomic E-state index is 13.2. The van der Waals surface area contributed by atoms with Gasteiger partial charge < -0.3 is 4.42 Å². The van der Waals surface area contributed by atoms with Crippen molar-refractivity contribution in [3.8, 4) is 0 Å². The fraction of sp³-hybridized carbons (Fsp3) is 0.286. The molecular formula is C14H14ClFO. The smallest absolute Gasteiger partial charge is 0.123 e. The zero-order valence-electron chi connectivity index (χ0n) is 10.1. The monoisotopic (exact) mass is 252 g/mol. The maximum absolute atomic E-state index is 13.2. The molecular weight excluding hydrogens is 239 g/mol. The van der Waals surface area contributed by atoms with E-state index in [2.05, 4.69) is 0 Å². The van der Waals surface area contributed by atoms with Crippen LogP contribution in [-0.4, -0.2) is 0 Å². The Hall–Kier alpha value is -1.28. The van der Waals surface area contributed by atoms with Crippen molar-refractivity contribution in [2.45, 2.75) is 26.1 Å². The van der Waals surface area contributed by atoms with Gasteiger partial charge >= 0.3 is 0 Å². The first-order chi connectivity index (χ1) is 8.00. The molecule has 0 aliphatic rings. The Morgan fingerprint density at radius 2 is 1.76 bits per heavy atom. The molecule has 0 radical (unpaired) electrons. The van der Waals surface area contributed by atoms with Crippen molar-refractivity contribution >= 4 is 11.6 Å².